The van der Waals surface area contributed by atoms with Gasteiger partial charge in [-0.25, -0.2) is 8.42 Å². The van der Waals surface area contributed by atoms with E-state index >= 15 is 0 Å². The van der Waals surface area contributed by atoms with Crippen LogP contribution in [0, 0.1) is 0 Å². The van der Waals surface area contributed by atoms with Gasteiger partial charge < -0.3 is 15.0 Å². The van der Waals surface area contributed by atoms with Crippen LogP contribution < -0.4 is 5.32 Å². The highest BCUT2D eigenvalue weighted by molar-refractivity contribution is 7.91. The average Bonchev–Trinajstić information content (AvgIpc) is 3.12. The maximum absolute atomic E-state index is 12.2. The van der Waals surface area contributed by atoms with Crippen LogP contribution in [0.3, 0.4) is 0 Å². The molecule has 0 spiro atoms. The van der Waals surface area contributed by atoms with Crippen molar-refractivity contribution in [3.8, 4) is 0 Å². The summed E-state index contributed by atoms with van der Waals surface area (Å²) in [6.45, 7) is 0.507. The van der Waals surface area contributed by atoms with Gasteiger partial charge in [-0.05, 0) is 19.3 Å². The van der Waals surface area contributed by atoms with Gasteiger partial charge in [-0.3, -0.25) is 9.59 Å². The van der Waals surface area contributed by atoms with Crippen molar-refractivity contribution < 1.29 is 22.7 Å². The van der Waals surface area contributed by atoms with Crippen molar-refractivity contribution >= 4 is 21.7 Å². The molecule has 1 saturated heterocycles. The number of carbonyl (C=O) groups is 2. The van der Waals surface area contributed by atoms with Crippen molar-refractivity contribution in [3.63, 3.8) is 0 Å². The van der Waals surface area contributed by atoms with E-state index in [4.69, 9.17) is 4.74 Å². The van der Waals surface area contributed by atoms with E-state index in [0.717, 1.165) is 12.8 Å². The SMILES string of the molecule is COCCN(C(=O)C(=O)NC1CC1)C1CCS(=O)(=O)C1. The van der Waals surface area contributed by atoms with E-state index in [9.17, 15) is 18.0 Å². The van der Waals surface area contributed by atoms with Gasteiger partial charge in [0.15, 0.2) is 9.84 Å². The van der Waals surface area contributed by atoms with E-state index in [1.54, 1.807) is 0 Å². The molecule has 2 rings (SSSR count). The lowest BCUT2D eigenvalue weighted by Crippen LogP contribution is -2.50. The van der Waals surface area contributed by atoms with E-state index in [1.165, 1.54) is 12.0 Å². The molecule has 20 heavy (non-hydrogen) atoms. The van der Waals surface area contributed by atoms with Crippen LogP contribution in [0.2, 0.25) is 0 Å². The van der Waals surface area contributed by atoms with Gasteiger partial charge in [0.05, 0.1) is 18.1 Å². The summed E-state index contributed by atoms with van der Waals surface area (Å²) in [4.78, 5) is 25.3. The number of carbonyl (C=O) groups excluding carboxylic acids is 2. The predicted octanol–water partition coefficient (Wildman–Crippen LogP) is -1.07. The summed E-state index contributed by atoms with van der Waals surface area (Å²) >= 11 is 0. The van der Waals surface area contributed by atoms with Gasteiger partial charge in [0.2, 0.25) is 0 Å². The first-order valence-corrected chi connectivity index (χ1v) is 8.56. The molecule has 0 aromatic carbocycles. The molecule has 2 amide bonds. The number of ether oxygens (including phenoxy) is 1. The molecular weight excluding hydrogens is 284 g/mol. The Hall–Kier alpha value is -1.15. The molecule has 0 aromatic heterocycles. The molecule has 1 atom stereocenters. The lowest BCUT2D eigenvalue weighted by Gasteiger charge is -2.27. The fourth-order valence-electron chi connectivity index (χ4n) is 2.27. The molecule has 2 aliphatic rings. The molecule has 0 aromatic rings. The fourth-order valence-corrected chi connectivity index (χ4v) is 4.00. The second-order valence-electron chi connectivity index (χ2n) is 5.30. The molecule has 0 radical (unpaired) electrons. The summed E-state index contributed by atoms with van der Waals surface area (Å²) in [6, 6.07) is -0.323. The number of hydrogen-bond donors (Lipinski definition) is 1. The zero-order valence-corrected chi connectivity index (χ0v) is 12.3. The first kappa shape index (κ1) is 15.2. The molecular formula is C12H20N2O5S. The average molecular weight is 304 g/mol. The van der Waals surface area contributed by atoms with Gasteiger partial charge in [0.1, 0.15) is 0 Å². The first-order valence-electron chi connectivity index (χ1n) is 6.74. The highest BCUT2D eigenvalue weighted by atomic mass is 32.2. The maximum Gasteiger partial charge on any atom is 0.312 e. The van der Waals surface area contributed by atoms with E-state index in [1.807, 2.05) is 0 Å². The first-order chi connectivity index (χ1) is 9.43. The number of hydrogen-bond acceptors (Lipinski definition) is 5. The number of amides is 2. The highest BCUT2D eigenvalue weighted by Crippen LogP contribution is 2.20. The molecule has 1 heterocycles. The molecule has 1 aliphatic heterocycles. The van der Waals surface area contributed by atoms with Gasteiger partial charge >= 0.3 is 11.8 Å². The molecule has 114 valence electrons. The standard InChI is InChI=1S/C12H20N2O5S/c1-19-6-5-14(10-4-7-20(17,18)8-10)12(16)11(15)13-9-2-3-9/h9-10H,2-8H2,1H3,(H,13,15). The molecule has 8 heteroatoms. The van der Waals surface area contributed by atoms with Crippen LogP contribution in [0.4, 0.5) is 0 Å². The Morgan fingerprint density at radius 3 is 2.50 bits per heavy atom. The number of sulfone groups is 1. The lowest BCUT2D eigenvalue weighted by atomic mass is 10.2. The zero-order valence-electron chi connectivity index (χ0n) is 11.5. The van der Waals surface area contributed by atoms with Crippen molar-refractivity contribution in [3.05, 3.63) is 0 Å². The second kappa shape index (κ2) is 6.09. The Morgan fingerprint density at radius 2 is 2.00 bits per heavy atom. The van der Waals surface area contributed by atoms with Crippen LogP contribution in [-0.4, -0.2) is 69.0 Å². The minimum Gasteiger partial charge on any atom is -0.383 e. The van der Waals surface area contributed by atoms with Gasteiger partial charge in [0, 0.05) is 25.7 Å². The number of nitrogens with one attached hydrogen (secondary N) is 1. The predicted molar refractivity (Wildman–Crippen MR) is 71.8 cm³/mol. The Labute approximate surface area is 118 Å². The lowest BCUT2D eigenvalue weighted by molar-refractivity contribution is -0.147. The number of nitrogens with zero attached hydrogens (tertiary/aromatic N) is 1. The summed E-state index contributed by atoms with van der Waals surface area (Å²) < 4.78 is 28.0. The number of rotatable bonds is 5. The largest absolute Gasteiger partial charge is 0.383 e. The Kier molecular flexibility index (Phi) is 4.64. The number of methoxy groups -OCH3 is 1. The Balaban J connectivity index is 2.01. The third-order valence-corrected chi connectivity index (χ3v) is 5.30. The monoisotopic (exact) mass is 304 g/mol. The molecule has 1 saturated carbocycles. The fraction of sp³-hybridized carbons (Fsp3) is 0.833. The zero-order chi connectivity index (χ0) is 14.8. The maximum atomic E-state index is 12.2. The Bertz CT molecular complexity index is 486. The van der Waals surface area contributed by atoms with Crippen molar-refractivity contribution in [2.45, 2.75) is 31.3 Å². The highest BCUT2D eigenvalue weighted by Gasteiger charge is 2.37. The van der Waals surface area contributed by atoms with Crippen molar-refractivity contribution in [2.75, 3.05) is 31.8 Å². The minimum atomic E-state index is -3.10. The molecule has 1 N–H and O–H groups in total. The van der Waals surface area contributed by atoms with Gasteiger partial charge in [-0.15, -0.1) is 0 Å². The summed E-state index contributed by atoms with van der Waals surface area (Å²) in [5.74, 6) is -1.30. The van der Waals surface area contributed by atoms with Crippen molar-refractivity contribution in [1.29, 1.82) is 0 Å². The van der Waals surface area contributed by atoms with E-state index < -0.39 is 27.7 Å². The van der Waals surface area contributed by atoms with Gasteiger partial charge in [-0.1, -0.05) is 0 Å². The van der Waals surface area contributed by atoms with Crippen LogP contribution in [0.25, 0.3) is 0 Å². The molecule has 2 fully saturated rings. The summed E-state index contributed by atoms with van der Waals surface area (Å²) in [5.41, 5.74) is 0. The quantitative estimate of drug-likeness (QED) is 0.653. The van der Waals surface area contributed by atoms with Crippen molar-refractivity contribution in [2.24, 2.45) is 0 Å². The topological polar surface area (TPSA) is 92.8 Å². The van der Waals surface area contributed by atoms with Crippen LogP contribution in [0.1, 0.15) is 19.3 Å². The Morgan fingerprint density at radius 1 is 1.30 bits per heavy atom. The van der Waals surface area contributed by atoms with Crippen molar-refractivity contribution in [1.82, 2.24) is 10.2 Å². The van der Waals surface area contributed by atoms with Crippen LogP contribution in [0.5, 0.6) is 0 Å². The van der Waals surface area contributed by atoms with E-state index in [-0.39, 0.29) is 30.7 Å². The van der Waals surface area contributed by atoms with Crippen LogP contribution in [0.15, 0.2) is 0 Å². The minimum absolute atomic E-state index is 0.0681. The molecule has 1 aliphatic carbocycles. The summed E-state index contributed by atoms with van der Waals surface area (Å²) in [5, 5.41) is 2.63. The smallest absolute Gasteiger partial charge is 0.312 e. The molecule has 0 bridgehead atoms. The molecule has 1 unspecified atom stereocenters. The molecule has 7 nitrogen and oxygen atoms in total. The van der Waals surface area contributed by atoms with Crippen LogP contribution in [-0.2, 0) is 24.2 Å². The second-order valence-corrected chi connectivity index (χ2v) is 7.52. The third-order valence-electron chi connectivity index (χ3n) is 3.55. The van der Waals surface area contributed by atoms with Crippen LogP contribution >= 0.6 is 0 Å². The summed E-state index contributed by atoms with van der Waals surface area (Å²) in [7, 11) is -1.60. The normalized spacial score (nSPS) is 24.4. The third kappa shape index (κ3) is 3.92. The van der Waals surface area contributed by atoms with Gasteiger partial charge in [-0.2, -0.15) is 0 Å². The summed E-state index contributed by atoms with van der Waals surface area (Å²) in [6.07, 6.45) is 2.18. The van der Waals surface area contributed by atoms with E-state index in [0.29, 0.717) is 6.42 Å². The van der Waals surface area contributed by atoms with E-state index in [2.05, 4.69) is 5.32 Å². The van der Waals surface area contributed by atoms with Gasteiger partial charge in [0.25, 0.3) is 0 Å².